The van der Waals surface area contributed by atoms with Gasteiger partial charge in [-0.2, -0.15) is 0 Å². The van der Waals surface area contributed by atoms with Crippen LogP contribution in [0.5, 0.6) is 0 Å². The minimum absolute atomic E-state index is 0.111. The Kier molecular flexibility index (Phi) is 7.51. The maximum Gasteiger partial charge on any atom is 0.214 e. The Balaban J connectivity index is 2.36. The zero-order chi connectivity index (χ0) is 15.9. The zero-order valence-electron chi connectivity index (χ0n) is 12.8. The highest BCUT2D eigenvalue weighted by molar-refractivity contribution is 8.00. The summed E-state index contributed by atoms with van der Waals surface area (Å²) in [7, 11) is -1.64. The molecule has 1 rings (SSSR count). The van der Waals surface area contributed by atoms with E-state index in [1.54, 1.807) is 7.05 Å². The first kappa shape index (κ1) is 18.3. The van der Waals surface area contributed by atoms with E-state index in [0.29, 0.717) is 24.6 Å². The van der Waals surface area contributed by atoms with E-state index in [0.717, 1.165) is 4.90 Å². The molecule has 0 amide bonds. The lowest BCUT2D eigenvalue weighted by atomic mass is 10.3. The fourth-order valence-corrected chi connectivity index (χ4v) is 3.95. The summed E-state index contributed by atoms with van der Waals surface area (Å²) in [4.78, 5) is 1.02. The molecule has 0 fully saturated rings. The van der Waals surface area contributed by atoms with E-state index in [2.05, 4.69) is 0 Å². The van der Waals surface area contributed by atoms with Gasteiger partial charge in [0.05, 0.1) is 18.5 Å². The number of thioether (sulfide) groups is 1. The lowest BCUT2D eigenvalue weighted by molar-refractivity contribution is 0.0737. The molecule has 0 aliphatic rings. The van der Waals surface area contributed by atoms with Crippen LogP contribution in [0.3, 0.4) is 0 Å². The predicted molar refractivity (Wildman–Crippen MR) is 89.1 cm³/mol. The van der Waals surface area contributed by atoms with E-state index in [9.17, 15) is 8.42 Å². The van der Waals surface area contributed by atoms with Crippen LogP contribution in [-0.4, -0.2) is 50.5 Å². The van der Waals surface area contributed by atoms with E-state index in [4.69, 9.17) is 10.5 Å². The van der Waals surface area contributed by atoms with Crippen molar-refractivity contribution in [2.75, 3.05) is 37.4 Å². The molecule has 2 N–H and O–H groups in total. The molecule has 1 aromatic rings. The van der Waals surface area contributed by atoms with Crippen LogP contribution >= 0.6 is 11.8 Å². The Morgan fingerprint density at radius 1 is 1.29 bits per heavy atom. The maximum atomic E-state index is 12.1. The highest BCUT2D eigenvalue weighted by atomic mass is 32.2. The average Bonchev–Trinajstić information content (AvgIpc) is 2.40. The smallest absolute Gasteiger partial charge is 0.214 e. The number of anilines is 1. The highest BCUT2D eigenvalue weighted by Gasteiger charge is 2.17. The normalized spacial score (nSPS) is 12.2. The van der Waals surface area contributed by atoms with Crippen LogP contribution in [0.15, 0.2) is 29.2 Å². The Labute approximate surface area is 131 Å². The van der Waals surface area contributed by atoms with E-state index in [-0.39, 0.29) is 11.9 Å². The summed E-state index contributed by atoms with van der Waals surface area (Å²) in [5, 5.41) is 0. The Bertz CT molecular complexity index is 516. The third-order valence-electron chi connectivity index (χ3n) is 2.82. The van der Waals surface area contributed by atoms with E-state index >= 15 is 0 Å². The van der Waals surface area contributed by atoms with Gasteiger partial charge in [-0.1, -0.05) is 0 Å². The molecule has 5 nitrogen and oxygen atoms in total. The number of hydrogen-bond donors (Lipinski definition) is 1. The highest BCUT2D eigenvalue weighted by Crippen LogP contribution is 2.19. The first-order chi connectivity index (χ1) is 9.81. The van der Waals surface area contributed by atoms with Crippen molar-refractivity contribution in [1.82, 2.24) is 4.31 Å². The second-order valence-electron chi connectivity index (χ2n) is 4.97. The van der Waals surface area contributed by atoms with Crippen molar-refractivity contribution in [3.63, 3.8) is 0 Å². The minimum atomic E-state index is -3.23. The third kappa shape index (κ3) is 7.17. The van der Waals surface area contributed by atoms with Crippen LogP contribution in [-0.2, 0) is 14.8 Å². The van der Waals surface area contributed by atoms with Crippen molar-refractivity contribution < 1.29 is 13.2 Å². The van der Waals surface area contributed by atoms with Gasteiger partial charge in [-0.25, -0.2) is 12.7 Å². The molecule has 21 heavy (non-hydrogen) atoms. The SMILES string of the molecule is CC(C)OCCN(C)S(=O)(=O)CCSc1ccc(N)cc1. The molecule has 0 saturated heterocycles. The predicted octanol–water partition coefficient (Wildman–Crippen LogP) is 2.05. The lowest BCUT2D eigenvalue weighted by Crippen LogP contribution is -2.33. The summed E-state index contributed by atoms with van der Waals surface area (Å²) >= 11 is 1.51. The van der Waals surface area contributed by atoms with Gasteiger partial charge >= 0.3 is 0 Å². The van der Waals surface area contributed by atoms with Crippen LogP contribution in [0.4, 0.5) is 5.69 Å². The number of nitrogens with zero attached hydrogens (tertiary/aromatic N) is 1. The van der Waals surface area contributed by atoms with Crippen LogP contribution in [0.25, 0.3) is 0 Å². The second-order valence-corrected chi connectivity index (χ2v) is 8.34. The molecule has 0 radical (unpaired) electrons. The van der Waals surface area contributed by atoms with Gasteiger partial charge in [-0.05, 0) is 38.1 Å². The molecule has 0 saturated carbocycles. The van der Waals surface area contributed by atoms with E-state index in [1.165, 1.54) is 16.1 Å². The van der Waals surface area contributed by atoms with Crippen molar-refractivity contribution in [3.05, 3.63) is 24.3 Å². The van der Waals surface area contributed by atoms with Gasteiger partial charge in [0.15, 0.2) is 0 Å². The fraction of sp³-hybridized carbons (Fsp3) is 0.571. The number of rotatable bonds is 9. The Morgan fingerprint density at radius 3 is 2.48 bits per heavy atom. The molecule has 0 spiro atoms. The van der Waals surface area contributed by atoms with Crippen molar-refractivity contribution in [3.8, 4) is 0 Å². The molecular weight excluding hydrogens is 308 g/mol. The summed E-state index contributed by atoms with van der Waals surface area (Å²) in [6.45, 7) is 4.65. The lowest BCUT2D eigenvalue weighted by Gasteiger charge is -2.17. The van der Waals surface area contributed by atoms with Crippen LogP contribution in [0, 0.1) is 0 Å². The van der Waals surface area contributed by atoms with E-state index < -0.39 is 10.0 Å². The number of nitrogens with two attached hydrogens (primary N) is 1. The van der Waals surface area contributed by atoms with Gasteiger partial charge in [0, 0.05) is 29.9 Å². The largest absolute Gasteiger partial charge is 0.399 e. The molecule has 0 atom stereocenters. The summed E-state index contributed by atoms with van der Waals surface area (Å²) < 4.78 is 30.9. The molecule has 0 aliphatic heterocycles. The molecule has 0 heterocycles. The summed E-state index contributed by atoms with van der Waals surface area (Å²) in [6, 6.07) is 7.41. The Hall–Kier alpha value is -0.760. The van der Waals surface area contributed by atoms with Gasteiger partial charge < -0.3 is 10.5 Å². The van der Waals surface area contributed by atoms with Gasteiger partial charge in [0.1, 0.15) is 0 Å². The van der Waals surface area contributed by atoms with Crippen molar-refractivity contribution >= 4 is 27.5 Å². The number of sulfonamides is 1. The van der Waals surface area contributed by atoms with Crippen LogP contribution in [0.1, 0.15) is 13.8 Å². The quantitative estimate of drug-likeness (QED) is 0.553. The number of hydrogen-bond acceptors (Lipinski definition) is 5. The summed E-state index contributed by atoms with van der Waals surface area (Å²) in [5.41, 5.74) is 6.31. The molecular formula is C14H24N2O3S2. The molecule has 7 heteroatoms. The first-order valence-corrected chi connectivity index (χ1v) is 9.44. The standard InChI is InChI=1S/C14H24N2O3S2/c1-12(2)19-9-8-16(3)21(17,18)11-10-20-14-6-4-13(15)5-7-14/h4-7,12H,8-11,15H2,1-3H3. The fourth-order valence-electron chi connectivity index (χ4n) is 1.54. The number of nitrogen functional groups attached to an aromatic ring is 1. The maximum absolute atomic E-state index is 12.1. The molecule has 0 aromatic heterocycles. The number of likely N-dealkylation sites (N-methyl/N-ethyl adjacent to an activating group) is 1. The van der Waals surface area contributed by atoms with Gasteiger partial charge in [-0.15, -0.1) is 11.8 Å². The summed E-state index contributed by atoms with van der Waals surface area (Å²) in [6.07, 6.45) is 0.113. The van der Waals surface area contributed by atoms with Gasteiger partial charge in [0.2, 0.25) is 10.0 Å². The molecule has 0 aliphatic carbocycles. The van der Waals surface area contributed by atoms with Crippen LogP contribution < -0.4 is 5.73 Å². The monoisotopic (exact) mass is 332 g/mol. The second kappa shape index (κ2) is 8.63. The van der Waals surface area contributed by atoms with Crippen LogP contribution in [0.2, 0.25) is 0 Å². The number of benzene rings is 1. The number of ether oxygens (including phenoxy) is 1. The van der Waals surface area contributed by atoms with Gasteiger partial charge in [0.25, 0.3) is 0 Å². The molecule has 120 valence electrons. The first-order valence-electron chi connectivity index (χ1n) is 6.85. The van der Waals surface area contributed by atoms with Crippen molar-refractivity contribution in [2.24, 2.45) is 0 Å². The zero-order valence-corrected chi connectivity index (χ0v) is 14.4. The molecule has 1 aromatic carbocycles. The summed E-state index contributed by atoms with van der Waals surface area (Å²) in [5.74, 6) is 0.627. The minimum Gasteiger partial charge on any atom is -0.399 e. The molecule has 0 bridgehead atoms. The van der Waals surface area contributed by atoms with Crippen molar-refractivity contribution in [1.29, 1.82) is 0 Å². The van der Waals surface area contributed by atoms with Crippen molar-refractivity contribution in [2.45, 2.75) is 24.8 Å². The average molecular weight is 332 g/mol. The molecule has 0 unspecified atom stereocenters. The van der Waals surface area contributed by atoms with Gasteiger partial charge in [-0.3, -0.25) is 0 Å². The topological polar surface area (TPSA) is 72.6 Å². The van der Waals surface area contributed by atoms with E-state index in [1.807, 2.05) is 38.1 Å². The Morgan fingerprint density at radius 2 is 1.90 bits per heavy atom. The third-order valence-corrected chi connectivity index (χ3v) is 5.95.